The second-order valence-electron chi connectivity index (χ2n) is 7.86. The van der Waals surface area contributed by atoms with Gasteiger partial charge in [-0.3, -0.25) is 9.59 Å². The van der Waals surface area contributed by atoms with E-state index in [0.29, 0.717) is 30.4 Å². The lowest BCUT2D eigenvalue weighted by Crippen LogP contribution is -2.40. The fourth-order valence-corrected chi connectivity index (χ4v) is 4.01. The molecule has 0 unspecified atom stereocenters. The number of hydrogen-bond acceptors (Lipinski definition) is 3. The fraction of sp³-hybridized carbons (Fsp3) is 0.619. The molecule has 0 spiro atoms. The Balaban J connectivity index is 1.45. The molecule has 27 heavy (non-hydrogen) atoms. The summed E-state index contributed by atoms with van der Waals surface area (Å²) in [7, 11) is 0. The average molecular weight is 375 g/mol. The predicted octanol–water partition coefficient (Wildman–Crippen LogP) is 2.87. The lowest BCUT2D eigenvalue weighted by atomic mass is 10.0. The van der Waals surface area contributed by atoms with Crippen molar-refractivity contribution < 1.29 is 14.0 Å². The van der Waals surface area contributed by atoms with Gasteiger partial charge in [0.25, 0.3) is 0 Å². The Kier molecular flexibility index (Phi) is 6.47. The quantitative estimate of drug-likeness (QED) is 0.778. The molecule has 1 aromatic rings. The summed E-state index contributed by atoms with van der Waals surface area (Å²) in [5, 5.41) is 2.97. The topological polar surface area (TPSA) is 52.7 Å². The summed E-state index contributed by atoms with van der Waals surface area (Å²) in [5.74, 6) is -0.901. The van der Waals surface area contributed by atoms with Gasteiger partial charge in [0.2, 0.25) is 11.8 Å². The molecule has 1 aromatic carbocycles. The Bertz CT molecular complexity index is 694. The average Bonchev–Trinajstić information content (AvgIpc) is 3.04. The molecule has 2 saturated heterocycles. The van der Waals surface area contributed by atoms with Gasteiger partial charge in [-0.1, -0.05) is 12.5 Å². The molecule has 2 aliphatic heterocycles. The Labute approximate surface area is 160 Å². The number of rotatable bonds is 6. The standard InChI is InChI=1S/C21H30FN3O2/c1-15-7-8-18(13-19(15)22)25-14-17(12-20(25)26)21(27)23-9-5-11-24-10-4-3-6-16(24)2/h7-8,13,16-17H,3-6,9-12,14H2,1-2H3,(H,23,27)/t16-,17+/m1/s1. The second kappa shape index (κ2) is 8.83. The van der Waals surface area contributed by atoms with E-state index >= 15 is 0 Å². The van der Waals surface area contributed by atoms with Gasteiger partial charge in [0, 0.05) is 37.8 Å². The minimum Gasteiger partial charge on any atom is -0.356 e. The molecular formula is C21H30FN3O2. The highest BCUT2D eigenvalue weighted by Crippen LogP contribution is 2.26. The molecule has 0 radical (unpaired) electrons. The zero-order chi connectivity index (χ0) is 19.4. The maximum absolute atomic E-state index is 13.8. The third kappa shape index (κ3) is 4.86. The molecule has 6 heteroatoms. The second-order valence-corrected chi connectivity index (χ2v) is 7.86. The maximum Gasteiger partial charge on any atom is 0.227 e. The Morgan fingerprint density at radius 3 is 2.89 bits per heavy atom. The highest BCUT2D eigenvalue weighted by atomic mass is 19.1. The van der Waals surface area contributed by atoms with Crippen molar-refractivity contribution in [2.45, 2.75) is 52.0 Å². The van der Waals surface area contributed by atoms with Crippen molar-refractivity contribution in [3.63, 3.8) is 0 Å². The number of aryl methyl sites for hydroxylation is 1. The normalized spacial score (nSPS) is 23.7. The first-order chi connectivity index (χ1) is 13.0. The smallest absolute Gasteiger partial charge is 0.227 e. The number of halogens is 1. The summed E-state index contributed by atoms with van der Waals surface area (Å²) in [6.45, 7) is 7.05. The van der Waals surface area contributed by atoms with Crippen LogP contribution in [0.5, 0.6) is 0 Å². The highest BCUT2D eigenvalue weighted by Gasteiger charge is 2.35. The van der Waals surface area contributed by atoms with Crippen LogP contribution in [-0.2, 0) is 9.59 Å². The van der Waals surface area contributed by atoms with Crippen LogP contribution < -0.4 is 10.2 Å². The van der Waals surface area contributed by atoms with Gasteiger partial charge in [0.15, 0.2) is 0 Å². The van der Waals surface area contributed by atoms with Crippen molar-refractivity contribution >= 4 is 17.5 Å². The van der Waals surface area contributed by atoms with Crippen LogP contribution >= 0.6 is 0 Å². The van der Waals surface area contributed by atoms with E-state index in [1.807, 2.05) is 0 Å². The van der Waals surface area contributed by atoms with E-state index in [9.17, 15) is 14.0 Å². The van der Waals surface area contributed by atoms with E-state index in [-0.39, 0.29) is 30.0 Å². The Morgan fingerprint density at radius 1 is 1.33 bits per heavy atom. The van der Waals surface area contributed by atoms with E-state index in [1.165, 1.54) is 30.2 Å². The number of nitrogens with one attached hydrogen (secondary N) is 1. The molecule has 0 aromatic heterocycles. The molecule has 148 valence electrons. The molecule has 2 fully saturated rings. The number of likely N-dealkylation sites (tertiary alicyclic amines) is 1. The molecule has 0 bridgehead atoms. The van der Waals surface area contributed by atoms with Crippen LogP contribution in [0.15, 0.2) is 18.2 Å². The summed E-state index contributed by atoms with van der Waals surface area (Å²) in [4.78, 5) is 28.7. The number of anilines is 1. The van der Waals surface area contributed by atoms with Gasteiger partial charge in [-0.15, -0.1) is 0 Å². The lowest BCUT2D eigenvalue weighted by molar-refractivity contribution is -0.126. The van der Waals surface area contributed by atoms with Gasteiger partial charge >= 0.3 is 0 Å². The first kappa shape index (κ1) is 19.8. The zero-order valence-electron chi connectivity index (χ0n) is 16.3. The number of nitrogens with zero attached hydrogens (tertiary/aromatic N) is 2. The third-order valence-electron chi connectivity index (χ3n) is 5.82. The van der Waals surface area contributed by atoms with Crippen molar-refractivity contribution in [3.8, 4) is 0 Å². The van der Waals surface area contributed by atoms with Crippen LogP contribution in [0.1, 0.15) is 44.6 Å². The highest BCUT2D eigenvalue weighted by molar-refractivity contribution is 6.00. The summed E-state index contributed by atoms with van der Waals surface area (Å²) in [5.41, 5.74) is 1.07. The summed E-state index contributed by atoms with van der Waals surface area (Å²) < 4.78 is 13.8. The van der Waals surface area contributed by atoms with Gasteiger partial charge in [-0.2, -0.15) is 0 Å². The molecule has 2 amide bonds. The van der Waals surface area contributed by atoms with Gasteiger partial charge in [0.05, 0.1) is 5.92 Å². The van der Waals surface area contributed by atoms with Crippen molar-refractivity contribution in [2.24, 2.45) is 5.92 Å². The minimum atomic E-state index is -0.365. The van der Waals surface area contributed by atoms with E-state index < -0.39 is 0 Å². The first-order valence-electron chi connectivity index (χ1n) is 10.0. The number of hydrogen-bond donors (Lipinski definition) is 1. The minimum absolute atomic E-state index is 0.0786. The first-order valence-corrected chi connectivity index (χ1v) is 10.0. The predicted molar refractivity (Wildman–Crippen MR) is 104 cm³/mol. The van der Waals surface area contributed by atoms with Crippen molar-refractivity contribution in [1.29, 1.82) is 0 Å². The lowest BCUT2D eigenvalue weighted by Gasteiger charge is -2.33. The largest absolute Gasteiger partial charge is 0.356 e. The zero-order valence-corrected chi connectivity index (χ0v) is 16.3. The molecule has 5 nitrogen and oxygen atoms in total. The van der Waals surface area contributed by atoms with Crippen LogP contribution in [0.4, 0.5) is 10.1 Å². The Hall–Kier alpha value is -1.95. The molecule has 3 rings (SSSR count). The monoisotopic (exact) mass is 375 g/mol. The van der Waals surface area contributed by atoms with Crippen LogP contribution in [0, 0.1) is 18.7 Å². The molecule has 2 heterocycles. The molecule has 0 aliphatic carbocycles. The van der Waals surface area contributed by atoms with E-state index in [4.69, 9.17) is 0 Å². The van der Waals surface area contributed by atoms with Crippen molar-refractivity contribution in [1.82, 2.24) is 10.2 Å². The van der Waals surface area contributed by atoms with Gasteiger partial charge < -0.3 is 15.1 Å². The van der Waals surface area contributed by atoms with Crippen LogP contribution in [0.2, 0.25) is 0 Å². The molecular weight excluding hydrogens is 345 g/mol. The fourth-order valence-electron chi connectivity index (χ4n) is 4.01. The van der Waals surface area contributed by atoms with Gasteiger partial charge in [-0.05, 0) is 57.4 Å². The van der Waals surface area contributed by atoms with E-state index in [0.717, 1.165) is 19.5 Å². The van der Waals surface area contributed by atoms with Gasteiger partial charge in [-0.25, -0.2) is 4.39 Å². The van der Waals surface area contributed by atoms with Gasteiger partial charge in [0.1, 0.15) is 5.82 Å². The number of benzene rings is 1. The van der Waals surface area contributed by atoms with Crippen molar-refractivity contribution in [2.75, 3.05) is 31.1 Å². The number of carbonyl (C=O) groups is 2. The SMILES string of the molecule is Cc1ccc(N2C[C@@H](C(=O)NCCCN3CCCC[C@H]3C)CC2=O)cc1F. The molecule has 2 aliphatic rings. The van der Waals surface area contributed by atoms with Crippen LogP contribution in [-0.4, -0.2) is 48.9 Å². The van der Waals surface area contributed by atoms with Crippen LogP contribution in [0.25, 0.3) is 0 Å². The third-order valence-corrected chi connectivity index (χ3v) is 5.82. The van der Waals surface area contributed by atoms with E-state index in [1.54, 1.807) is 19.1 Å². The molecule has 0 saturated carbocycles. The summed E-state index contributed by atoms with van der Waals surface area (Å²) in [6.07, 6.45) is 4.93. The summed E-state index contributed by atoms with van der Waals surface area (Å²) >= 11 is 0. The number of carbonyl (C=O) groups excluding carboxylic acids is 2. The number of amides is 2. The molecule has 1 N–H and O–H groups in total. The van der Waals surface area contributed by atoms with Crippen LogP contribution in [0.3, 0.4) is 0 Å². The van der Waals surface area contributed by atoms with E-state index in [2.05, 4.69) is 17.1 Å². The summed E-state index contributed by atoms with van der Waals surface area (Å²) in [6, 6.07) is 5.39. The van der Waals surface area contributed by atoms with Crippen molar-refractivity contribution in [3.05, 3.63) is 29.6 Å². The maximum atomic E-state index is 13.8. The molecule has 2 atom stereocenters. The Morgan fingerprint density at radius 2 is 2.15 bits per heavy atom. The number of piperidine rings is 1.